The first kappa shape index (κ1) is 15.6. The van der Waals surface area contributed by atoms with Crippen LogP contribution in [-0.2, 0) is 6.54 Å². The highest BCUT2D eigenvalue weighted by Gasteiger charge is 2.19. The van der Waals surface area contributed by atoms with Gasteiger partial charge in [0.05, 0.1) is 11.4 Å². The number of hydrogen-bond acceptors (Lipinski definition) is 6. The zero-order chi connectivity index (χ0) is 17.4. The van der Waals surface area contributed by atoms with Gasteiger partial charge in [0.2, 0.25) is 5.89 Å². The molecule has 3 heterocycles. The molecular formula is C18H15N3O3S. The number of hydrogen-bond donors (Lipinski definition) is 0. The molecule has 0 atom stereocenters. The Hall–Kier alpha value is -2.93. The van der Waals surface area contributed by atoms with Gasteiger partial charge in [0.1, 0.15) is 11.5 Å². The average molecular weight is 353 g/mol. The second-order valence-corrected chi connectivity index (χ2v) is 6.62. The van der Waals surface area contributed by atoms with Crippen LogP contribution in [0.2, 0.25) is 0 Å². The number of rotatable bonds is 4. The summed E-state index contributed by atoms with van der Waals surface area (Å²) >= 11 is 1.56. The quantitative estimate of drug-likeness (QED) is 0.556. The average Bonchev–Trinajstić information content (AvgIpc) is 3.31. The Morgan fingerprint density at radius 1 is 1.16 bits per heavy atom. The zero-order valence-corrected chi connectivity index (χ0v) is 14.5. The van der Waals surface area contributed by atoms with Crippen molar-refractivity contribution in [2.24, 2.45) is 0 Å². The summed E-state index contributed by atoms with van der Waals surface area (Å²) in [6, 6.07) is 11.6. The minimum Gasteiger partial charge on any atom is -0.440 e. The third-order valence-electron chi connectivity index (χ3n) is 4.00. The zero-order valence-electron chi connectivity index (χ0n) is 13.7. The highest BCUT2D eigenvalue weighted by molar-refractivity contribution is 7.13. The summed E-state index contributed by atoms with van der Waals surface area (Å²) < 4.78 is 12.1. The number of oxazole rings is 1. The van der Waals surface area contributed by atoms with Crippen molar-refractivity contribution < 1.29 is 8.94 Å². The van der Waals surface area contributed by atoms with Crippen molar-refractivity contribution >= 4 is 11.3 Å². The minimum absolute atomic E-state index is 0.243. The normalized spacial score (nSPS) is 11.1. The van der Waals surface area contributed by atoms with Gasteiger partial charge in [-0.15, -0.1) is 11.3 Å². The highest BCUT2D eigenvalue weighted by atomic mass is 32.1. The van der Waals surface area contributed by atoms with E-state index in [9.17, 15) is 4.79 Å². The van der Waals surface area contributed by atoms with Crippen LogP contribution < -0.4 is 5.76 Å². The molecule has 0 N–H and O–H groups in total. The number of thiophene rings is 1. The molecule has 0 radical (unpaired) electrons. The molecule has 0 bridgehead atoms. The van der Waals surface area contributed by atoms with Gasteiger partial charge in [-0.25, -0.2) is 9.78 Å². The van der Waals surface area contributed by atoms with Gasteiger partial charge in [-0.3, -0.25) is 9.09 Å². The Kier molecular flexibility index (Phi) is 3.85. The molecule has 0 saturated heterocycles. The van der Waals surface area contributed by atoms with E-state index in [0.29, 0.717) is 23.2 Å². The molecule has 25 heavy (non-hydrogen) atoms. The number of benzene rings is 1. The van der Waals surface area contributed by atoms with E-state index in [1.807, 2.05) is 55.6 Å². The number of aryl methyl sites for hydroxylation is 2. The predicted molar refractivity (Wildman–Crippen MR) is 94.6 cm³/mol. The lowest BCUT2D eigenvalue weighted by Gasteiger charge is -2.05. The molecule has 0 fully saturated rings. The molecule has 0 saturated carbocycles. The summed E-state index contributed by atoms with van der Waals surface area (Å²) in [5, 5.41) is 5.92. The number of aromatic nitrogens is 3. The lowest BCUT2D eigenvalue weighted by Crippen LogP contribution is -2.17. The van der Waals surface area contributed by atoms with E-state index in [1.165, 1.54) is 4.57 Å². The van der Waals surface area contributed by atoms with Crippen molar-refractivity contribution in [2.75, 3.05) is 0 Å². The molecule has 0 amide bonds. The van der Waals surface area contributed by atoms with E-state index >= 15 is 0 Å². The third-order valence-corrected chi connectivity index (χ3v) is 4.86. The molecule has 0 aliphatic rings. The standard InChI is InChI=1S/C18H15N3O3S/c1-11-6-3-4-7-13(11)16-20-24-18(22)21(16)10-14-12(2)23-17(19-14)15-8-5-9-25-15/h3-9H,10H2,1-2H3. The first-order valence-electron chi connectivity index (χ1n) is 7.76. The number of nitrogens with zero attached hydrogens (tertiary/aromatic N) is 3. The maximum atomic E-state index is 12.2. The topological polar surface area (TPSA) is 74.1 Å². The molecule has 6 nitrogen and oxygen atoms in total. The highest BCUT2D eigenvalue weighted by Crippen LogP contribution is 2.27. The van der Waals surface area contributed by atoms with Gasteiger partial charge in [-0.1, -0.05) is 35.5 Å². The molecular weight excluding hydrogens is 338 g/mol. The van der Waals surface area contributed by atoms with Crippen LogP contribution >= 0.6 is 11.3 Å². The Morgan fingerprint density at radius 2 is 2.00 bits per heavy atom. The van der Waals surface area contributed by atoms with Crippen molar-refractivity contribution in [3.8, 4) is 22.2 Å². The predicted octanol–water partition coefficient (Wildman–Crippen LogP) is 3.88. The smallest absolute Gasteiger partial charge is 0.440 e. The van der Waals surface area contributed by atoms with Crippen LogP contribution in [0.4, 0.5) is 0 Å². The summed E-state index contributed by atoms with van der Waals surface area (Å²) in [4.78, 5) is 17.6. The molecule has 126 valence electrons. The summed E-state index contributed by atoms with van der Waals surface area (Å²) in [6.45, 7) is 4.05. The first-order chi connectivity index (χ1) is 12.1. The maximum Gasteiger partial charge on any atom is 0.442 e. The fourth-order valence-electron chi connectivity index (χ4n) is 2.66. The van der Waals surface area contributed by atoms with Crippen molar-refractivity contribution in [3.05, 3.63) is 69.3 Å². The molecule has 0 aliphatic carbocycles. The van der Waals surface area contributed by atoms with Crippen LogP contribution in [0.5, 0.6) is 0 Å². The largest absolute Gasteiger partial charge is 0.442 e. The first-order valence-corrected chi connectivity index (χ1v) is 8.64. The van der Waals surface area contributed by atoms with Gasteiger partial charge in [0.15, 0.2) is 5.82 Å². The summed E-state index contributed by atoms with van der Waals surface area (Å²) in [5.74, 6) is 1.21. The molecule has 0 aliphatic heterocycles. The lowest BCUT2D eigenvalue weighted by atomic mass is 10.1. The van der Waals surface area contributed by atoms with Crippen LogP contribution in [0.15, 0.2) is 55.5 Å². The van der Waals surface area contributed by atoms with E-state index in [0.717, 1.165) is 16.0 Å². The third kappa shape index (κ3) is 2.83. The van der Waals surface area contributed by atoms with Crippen molar-refractivity contribution in [1.82, 2.24) is 14.7 Å². The monoisotopic (exact) mass is 353 g/mol. The van der Waals surface area contributed by atoms with Gasteiger partial charge in [0.25, 0.3) is 0 Å². The molecule has 4 aromatic rings. The van der Waals surface area contributed by atoms with Gasteiger partial charge >= 0.3 is 5.76 Å². The van der Waals surface area contributed by atoms with Gasteiger partial charge in [0, 0.05) is 5.56 Å². The Bertz CT molecular complexity index is 1070. The Morgan fingerprint density at radius 3 is 2.76 bits per heavy atom. The van der Waals surface area contributed by atoms with Crippen molar-refractivity contribution in [2.45, 2.75) is 20.4 Å². The molecule has 3 aromatic heterocycles. The maximum absolute atomic E-state index is 12.2. The van der Waals surface area contributed by atoms with Crippen molar-refractivity contribution in [3.63, 3.8) is 0 Å². The SMILES string of the molecule is Cc1ccccc1-c1noc(=O)n1Cc1nc(-c2cccs2)oc1C. The summed E-state index contributed by atoms with van der Waals surface area (Å²) in [7, 11) is 0. The van der Waals surface area contributed by atoms with E-state index < -0.39 is 5.76 Å². The van der Waals surface area contributed by atoms with Crippen LogP contribution in [0.25, 0.3) is 22.2 Å². The second kappa shape index (κ2) is 6.18. The van der Waals surface area contributed by atoms with Crippen LogP contribution in [0, 0.1) is 13.8 Å². The van der Waals surface area contributed by atoms with Crippen LogP contribution in [0.3, 0.4) is 0 Å². The van der Waals surface area contributed by atoms with Gasteiger partial charge < -0.3 is 4.42 Å². The summed E-state index contributed by atoms with van der Waals surface area (Å²) in [6.07, 6.45) is 0. The fraction of sp³-hybridized carbons (Fsp3) is 0.167. The lowest BCUT2D eigenvalue weighted by molar-refractivity contribution is 0.378. The fourth-order valence-corrected chi connectivity index (χ4v) is 3.30. The second-order valence-electron chi connectivity index (χ2n) is 5.67. The Labute approximate surface area is 147 Å². The van der Waals surface area contributed by atoms with E-state index in [2.05, 4.69) is 10.1 Å². The molecule has 1 aromatic carbocycles. The van der Waals surface area contributed by atoms with Crippen molar-refractivity contribution in [1.29, 1.82) is 0 Å². The van der Waals surface area contributed by atoms with Gasteiger partial charge in [-0.2, -0.15) is 0 Å². The molecule has 4 rings (SSSR count). The minimum atomic E-state index is -0.515. The van der Waals surface area contributed by atoms with Crippen LogP contribution in [0.1, 0.15) is 17.0 Å². The molecule has 0 unspecified atom stereocenters. The van der Waals surface area contributed by atoms with E-state index in [1.54, 1.807) is 11.3 Å². The van der Waals surface area contributed by atoms with Crippen LogP contribution in [-0.4, -0.2) is 14.7 Å². The molecule has 0 spiro atoms. The Balaban J connectivity index is 1.74. The van der Waals surface area contributed by atoms with E-state index in [4.69, 9.17) is 8.94 Å². The van der Waals surface area contributed by atoms with E-state index in [-0.39, 0.29) is 6.54 Å². The summed E-state index contributed by atoms with van der Waals surface area (Å²) in [5.41, 5.74) is 2.55. The molecule has 7 heteroatoms. The van der Waals surface area contributed by atoms with Gasteiger partial charge in [-0.05, 0) is 30.9 Å².